The maximum absolute atomic E-state index is 4.79. The zero-order valence-corrected chi connectivity index (χ0v) is 9.59. The van der Waals surface area contributed by atoms with Crippen LogP contribution in [0.4, 0.5) is 0 Å². The van der Waals surface area contributed by atoms with Crippen molar-refractivity contribution in [2.45, 2.75) is 12.8 Å². The minimum Gasteiger partial charge on any atom is -0.399 e. The predicted octanol–water partition coefficient (Wildman–Crippen LogP) is 2.25. The molecule has 4 heteroatoms. The van der Waals surface area contributed by atoms with Crippen LogP contribution >= 0.6 is 0 Å². The third kappa shape index (κ3) is 4.59. The Morgan fingerprint density at radius 2 is 1.94 bits per heavy atom. The van der Waals surface area contributed by atoms with Crippen LogP contribution in [-0.2, 0) is 16.1 Å². The molecule has 4 nitrogen and oxygen atoms in total. The quantitative estimate of drug-likeness (QED) is 0.545. The molecule has 0 radical (unpaired) electrons. The van der Waals surface area contributed by atoms with Gasteiger partial charge in [-0.3, -0.25) is 0 Å². The van der Waals surface area contributed by atoms with Crippen LogP contribution in [0.5, 0.6) is 0 Å². The third-order valence-electron chi connectivity index (χ3n) is 1.98. The fraction of sp³-hybridized carbons (Fsp3) is 0.333. The van der Waals surface area contributed by atoms with Crippen LogP contribution in [0.25, 0.3) is 0 Å². The number of rotatable bonds is 6. The molecule has 0 atom stereocenters. The lowest BCUT2D eigenvalue weighted by Crippen LogP contribution is -2.04. The molecule has 0 aliphatic rings. The van der Waals surface area contributed by atoms with E-state index in [-0.39, 0.29) is 0 Å². The summed E-state index contributed by atoms with van der Waals surface area (Å²) in [7, 11) is 3.05. The minimum absolute atomic E-state index is 0.622. The van der Waals surface area contributed by atoms with Gasteiger partial charge in [0.15, 0.2) is 0 Å². The van der Waals surface area contributed by atoms with Gasteiger partial charge in [-0.1, -0.05) is 40.6 Å². The van der Waals surface area contributed by atoms with Crippen molar-refractivity contribution < 1.29 is 9.68 Å². The Morgan fingerprint density at radius 3 is 2.56 bits per heavy atom. The first kappa shape index (κ1) is 12.2. The van der Waals surface area contributed by atoms with Crippen LogP contribution in [-0.4, -0.2) is 26.1 Å². The highest BCUT2D eigenvalue weighted by Crippen LogP contribution is 2.03. The molecule has 0 amide bonds. The van der Waals surface area contributed by atoms with E-state index in [1.165, 1.54) is 12.7 Å². The van der Waals surface area contributed by atoms with Crippen LogP contribution in [0.2, 0.25) is 0 Å². The maximum atomic E-state index is 4.79. The molecule has 0 aromatic heterocycles. The largest absolute Gasteiger partial charge is 0.399 e. The first-order valence-corrected chi connectivity index (χ1v) is 5.04. The van der Waals surface area contributed by atoms with E-state index in [4.69, 9.17) is 4.84 Å². The average Bonchev–Trinajstić information content (AvgIpc) is 2.31. The van der Waals surface area contributed by atoms with Crippen molar-refractivity contribution in [2.75, 3.05) is 14.2 Å². The molecule has 0 aliphatic carbocycles. The van der Waals surface area contributed by atoms with Crippen molar-refractivity contribution in [1.29, 1.82) is 0 Å². The first-order valence-electron chi connectivity index (χ1n) is 5.04. The normalized spacial score (nSPS) is 11.8. The van der Waals surface area contributed by atoms with Gasteiger partial charge in [0.25, 0.3) is 0 Å². The molecule has 1 aromatic rings. The molecule has 0 N–H and O–H groups in total. The topological polar surface area (TPSA) is 43.2 Å². The molecular weight excluding hydrogens is 204 g/mol. The van der Waals surface area contributed by atoms with Crippen LogP contribution < -0.4 is 0 Å². The molecule has 0 heterocycles. The Morgan fingerprint density at radius 1 is 1.19 bits per heavy atom. The lowest BCUT2D eigenvalue weighted by Gasteiger charge is -2.02. The van der Waals surface area contributed by atoms with E-state index < -0.39 is 0 Å². The van der Waals surface area contributed by atoms with Gasteiger partial charge in [-0.05, 0) is 5.56 Å². The van der Waals surface area contributed by atoms with Crippen molar-refractivity contribution in [3.05, 3.63) is 35.9 Å². The SMILES string of the molecule is CON=CCC(Cc1ccccc1)=NOC. The van der Waals surface area contributed by atoms with Crippen molar-refractivity contribution in [3.8, 4) is 0 Å². The summed E-state index contributed by atoms with van der Waals surface area (Å²) in [6.07, 6.45) is 3.04. The maximum Gasteiger partial charge on any atom is 0.106 e. The van der Waals surface area contributed by atoms with Crippen LogP contribution in [0.1, 0.15) is 12.0 Å². The van der Waals surface area contributed by atoms with Crippen LogP contribution in [0, 0.1) is 0 Å². The van der Waals surface area contributed by atoms with Crippen LogP contribution in [0.15, 0.2) is 40.6 Å². The summed E-state index contributed by atoms with van der Waals surface area (Å²) in [5, 5.41) is 7.64. The number of nitrogens with zero attached hydrogens (tertiary/aromatic N) is 2. The van der Waals surface area contributed by atoms with E-state index in [1.807, 2.05) is 18.2 Å². The molecular formula is C12H16N2O2. The summed E-state index contributed by atoms with van der Waals surface area (Å²) in [5.41, 5.74) is 2.11. The number of oxime groups is 2. The van der Waals surface area contributed by atoms with E-state index in [9.17, 15) is 0 Å². The molecule has 86 valence electrons. The van der Waals surface area contributed by atoms with E-state index in [0.717, 1.165) is 12.1 Å². The van der Waals surface area contributed by atoms with Gasteiger partial charge in [-0.15, -0.1) is 0 Å². The molecule has 0 fully saturated rings. The van der Waals surface area contributed by atoms with Gasteiger partial charge in [0.1, 0.15) is 14.2 Å². The predicted molar refractivity (Wildman–Crippen MR) is 64.7 cm³/mol. The number of benzene rings is 1. The standard InChI is InChI=1S/C12H16N2O2/c1-15-13-9-8-12(14-16-2)10-11-6-4-3-5-7-11/h3-7,9H,8,10H2,1-2H3. The summed E-state index contributed by atoms with van der Waals surface area (Å²) in [6.45, 7) is 0. The second kappa shape index (κ2) is 7.45. The average molecular weight is 220 g/mol. The summed E-state index contributed by atoms with van der Waals surface area (Å²) in [6, 6.07) is 10.1. The molecule has 0 saturated carbocycles. The monoisotopic (exact) mass is 220 g/mol. The van der Waals surface area contributed by atoms with Crippen molar-refractivity contribution in [3.63, 3.8) is 0 Å². The molecule has 1 aromatic carbocycles. The Bertz CT molecular complexity index is 347. The van der Waals surface area contributed by atoms with Crippen molar-refractivity contribution in [2.24, 2.45) is 10.3 Å². The number of hydrogen-bond donors (Lipinski definition) is 0. The fourth-order valence-electron chi connectivity index (χ4n) is 1.32. The van der Waals surface area contributed by atoms with Gasteiger partial charge in [-0.25, -0.2) is 0 Å². The van der Waals surface area contributed by atoms with Crippen molar-refractivity contribution in [1.82, 2.24) is 0 Å². The third-order valence-corrected chi connectivity index (χ3v) is 1.98. The van der Waals surface area contributed by atoms with Gasteiger partial charge in [-0.2, -0.15) is 0 Å². The Hall–Kier alpha value is -1.84. The highest BCUT2D eigenvalue weighted by atomic mass is 16.6. The van der Waals surface area contributed by atoms with Gasteiger partial charge in [0.2, 0.25) is 0 Å². The fourth-order valence-corrected chi connectivity index (χ4v) is 1.32. The highest BCUT2D eigenvalue weighted by molar-refractivity contribution is 5.96. The number of hydrogen-bond acceptors (Lipinski definition) is 4. The molecule has 0 saturated heterocycles. The molecule has 0 aliphatic heterocycles. The summed E-state index contributed by atoms with van der Waals surface area (Å²) >= 11 is 0. The Kier molecular flexibility index (Phi) is 5.70. The van der Waals surface area contributed by atoms with Crippen molar-refractivity contribution >= 4 is 11.9 Å². The molecule has 0 spiro atoms. The highest BCUT2D eigenvalue weighted by Gasteiger charge is 2.00. The molecule has 1 rings (SSSR count). The summed E-state index contributed by atoms with van der Waals surface area (Å²) in [4.78, 5) is 9.39. The molecule has 0 bridgehead atoms. The van der Waals surface area contributed by atoms with Crippen LogP contribution in [0.3, 0.4) is 0 Å². The van der Waals surface area contributed by atoms with E-state index in [1.54, 1.807) is 13.3 Å². The zero-order valence-electron chi connectivity index (χ0n) is 9.59. The van der Waals surface area contributed by atoms with Gasteiger partial charge < -0.3 is 9.68 Å². The van der Waals surface area contributed by atoms with Gasteiger partial charge >= 0.3 is 0 Å². The second-order valence-electron chi connectivity index (χ2n) is 3.18. The first-order chi connectivity index (χ1) is 7.86. The summed E-state index contributed by atoms with van der Waals surface area (Å²) in [5.74, 6) is 0. The lowest BCUT2D eigenvalue weighted by atomic mass is 10.1. The Balaban J connectivity index is 2.58. The zero-order chi connectivity index (χ0) is 11.6. The van der Waals surface area contributed by atoms with E-state index >= 15 is 0 Å². The van der Waals surface area contributed by atoms with E-state index in [0.29, 0.717) is 6.42 Å². The molecule has 0 unspecified atom stereocenters. The smallest absolute Gasteiger partial charge is 0.106 e. The van der Waals surface area contributed by atoms with Gasteiger partial charge in [0, 0.05) is 19.1 Å². The Labute approximate surface area is 95.5 Å². The second-order valence-corrected chi connectivity index (χ2v) is 3.18. The van der Waals surface area contributed by atoms with Gasteiger partial charge in [0.05, 0.1) is 5.71 Å². The van der Waals surface area contributed by atoms with E-state index in [2.05, 4.69) is 27.3 Å². The molecule has 16 heavy (non-hydrogen) atoms. The minimum atomic E-state index is 0.622. The summed E-state index contributed by atoms with van der Waals surface area (Å²) < 4.78 is 0. The lowest BCUT2D eigenvalue weighted by molar-refractivity contribution is 0.211.